The van der Waals surface area contributed by atoms with E-state index in [-0.39, 0.29) is 5.91 Å². The lowest BCUT2D eigenvalue weighted by Crippen LogP contribution is -2.15. The van der Waals surface area contributed by atoms with Crippen molar-refractivity contribution in [2.75, 3.05) is 5.32 Å². The molecule has 0 aliphatic heterocycles. The number of hydrogen-bond acceptors (Lipinski definition) is 3. The predicted octanol–water partition coefficient (Wildman–Crippen LogP) is 3.31. The maximum absolute atomic E-state index is 12.6. The molecule has 0 aliphatic rings. The Kier molecular flexibility index (Phi) is 4.23. The number of carbonyl (C=O) groups excluding carboxylic acids is 1. The summed E-state index contributed by atoms with van der Waals surface area (Å²) < 4.78 is 3.83. The molecule has 4 rings (SSSR count). The van der Waals surface area contributed by atoms with Crippen LogP contribution in [0.3, 0.4) is 0 Å². The van der Waals surface area contributed by atoms with E-state index >= 15 is 0 Å². The first-order valence-electron chi connectivity index (χ1n) is 8.50. The highest BCUT2D eigenvalue weighted by Crippen LogP contribution is 2.28. The Balaban J connectivity index is 1.62. The number of nitrogens with one attached hydrogen (secondary N) is 1. The van der Waals surface area contributed by atoms with Gasteiger partial charge in [0, 0.05) is 37.1 Å². The second kappa shape index (κ2) is 6.84. The zero-order valence-electron chi connectivity index (χ0n) is 14.5. The smallest absolute Gasteiger partial charge is 0.225 e. The van der Waals surface area contributed by atoms with E-state index in [2.05, 4.69) is 10.3 Å². The molecule has 0 radical (unpaired) electrons. The second-order valence-corrected chi connectivity index (χ2v) is 6.15. The summed E-state index contributed by atoms with van der Waals surface area (Å²) in [7, 11) is 1.93. The molecule has 3 heterocycles. The number of hydrogen-bond donors (Lipinski definition) is 1. The summed E-state index contributed by atoms with van der Waals surface area (Å²) in [6.07, 6.45) is 6.46. The molecule has 26 heavy (non-hydrogen) atoms. The highest BCUT2D eigenvalue weighted by molar-refractivity contribution is 5.94. The quantitative estimate of drug-likeness (QED) is 0.603. The molecule has 0 aliphatic carbocycles. The fraction of sp³-hybridized carbons (Fsp3) is 0.150. The third-order valence-electron chi connectivity index (χ3n) is 4.36. The number of aryl methyl sites for hydroxylation is 2. The van der Waals surface area contributed by atoms with Crippen LogP contribution in [0, 0.1) is 0 Å². The molecule has 0 spiro atoms. The molecule has 4 aromatic rings. The lowest BCUT2D eigenvalue weighted by molar-refractivity contribution is -0.116. The molecule has 0 saturated carbocycles. The first-order valence-corrected chi connectivity index (χ1v) is 8.50. The van der Waals surface area contributed by atoms with Crippen molar-refractivity contribution < 1.29 is 4.79 Å². The van der Waals surface area contributed by atoms with Crippen LogP contribution in [-0.4, -0.2) is 24.8 Å². The number of benzene rings is 1. The van der Waals surface area contributed by atoms with Gasteiger partial charge < -0.3 is 9.88 Å². The van der Waals surface area contributed by atoms with Crippen LogP contribution in [0.2, 0.25) is 0 Å². The lowest BCUT2D eigenvalue weighted by Gasteiger charge is -2.08. The summed E-state index contributed by atoms with van der Waals surface area (Å²) in [4.78, 5) is 21.3. The topological polar surface area (TPSA) is 64.2 Å². The number of carbonyl (C=O) groups is 1. The summed E-state index contributed by atoms with van der Waals surface area (Å²) >= 11 is 0. The average Bonchev–Trinajstić information content (AvgIpc) is 3.24. The summed E-state index contributed by atoms with van der Waals surface area (Å²) in [6, 6.07) is 15.7. The van der Waals surface area contributed by atoms with Gasteiger partial charge in [-0.1, -0.05) is 36.4 Å². The normalized spacial score (nSPS) is 11.0. The van der Waals surface area contributed by atoms with Gasteiger partial charge in [0.2, 0.25) is 5.91 Å². The molecule has 6 nitrogen and oxygen atoms in total. The molecule has 1 N–H and O–H groups in total. The van der Waals surface area contributed by atoms with Gasteiger partial charge in [-0.2, -0.15) is 0 Å². The zero-order valence-corrected chi connectivity index (χ0v) is 14.5. The van der Waals surface area contributed by atoms with Crippen molar-refractivity contribution in [1.29, 1.82) is 0 Å². The Morgan fingerprint density at radius 1 is 1.12 bits per heavy atom. The van der Waals surface area contributed by atoms with Crippen LogP contribution in [0.25, 0.3) is 16.9 Å². The van der Waals surface area contributed by atoms with Gasteiger partial charge in [-0.05, 0) is 18.6 Å². The van der Waals surface area contributed by atoms with Crippen molar-refractivity contribution in [3.8, 4) is 11.3 Å². The van der Waals surface area contributed by atoms with Gasteiger partial charge >= 0.3 is 0 Å². The van der Waals surface area contributed by atoms with E-state index < -0.39 is 0 Å². The number of imidazole rings is 2. The number of aromatic nitrogens is 4. The first kappa shape index (κ1) is 16.1. The molecule has 1 aromatic carbocycles. The maximum Gasteiger partial charge on any atom is 0.225 e. The molecule has 130 valence electrons. The van der Waals surface area contributed by atoms with Gasteiger partial charge in [-0.3, -0.25) is 9.20 Å². The third kappa shape index (κ3) is 3.09. The molecule has 3 aromatic heterocycles. The average molecular weight is 345 g/mol. The van der Waals surface area contributed by atoms with E-state index in [4.69, 9.17) is 4.98 Å². The minimum atomic E-state index is -0.0472. The number of fused-ring (bicyclic) bond motifs is 1. The van der Waals surface area contributed by atoms with Crippen LogP contribution in [0.1, 0.15) is 12.1 Å². The molecule has 6 heteroatoms. The Morgan fingerprint density at radius 3 is 2.69 bits per heavy atom. The van der Waals surface area contributed by atoms with E-state index in [9.17, 15) is 4.79 Å². The van der Waals surface area contributed by atoms with Gasteiger partial charge in [0.1, 0.15) is 17.2 Å². The van der Waals surface area contributed by atoms with Crippen LogP contribution in [0.15, 0.2) is 67.3 Å². The van der Waals surface area contributed by atoms with Crippen molar-refractivity contribution in [3.05, 3.63) is 72.9 Å². The van der Waals surface area contributed by atoms with Crippen molar-refractivity contribution in [3.63, 3.8) is 0 Å². The molecular formula is C20H19N5O. The first-order chi connectivity index (χ1) is 12.7. The van der Waals surface area contributed by atoms with E-state index in [1.54, 1.807) is 12.5 Å². The van der Waals surface area contributed by atoms with E-state index in [1.165, 1.54) is 0 Å². The molecule has 0 bridgehead atoms. The monoisotopic (exact) mass is 345 g/mol. The minimum absolute atomic E-state index is 0.0472. The van der Waals surface area contributed by atoms with Crippen LogP contribution in [-0.2, 0) is 18.3 Å². The van der Waals surface area contributed by atoms with Gasteiger partial charge in [0.05, 0.1) is 6.33 Å². The van der Waals surface area contributed by atoms with Gasteiger partial charge in [-0.25, -0.2) is 9.97 Å². The molecule has 0 saturated heterocycles. The molecule has 0 atom stereocenters. The molecule has 1 amide bonds. The molecular weight excluding hydrogens is 326 g/mol. The maximum atomic E-state index is 12.6. The molecule has 0 unspecified atom stereocenters. The third-order valence-corrected chi connectivity index (χ3v) is 4.36. The SMILES string of the molecule is Cn1cncc1CCC(=O)Nc1c(-c2ccccc2)nc2ccccn12. The number of nitrogens with zero attached hydrogens (tertiary/aromatic N) is 4. The van der Waals surface area contributed by atoms with Gasteiger partial charge in [0.15, 0.2) is 0 Å². The van der Waals surface area contributed by atoms with Crippen molar-refractivity contribution >= 4 is 17.4 Å². The minimum Gasteiger partial charge on any atom is -0.338 e. The number of amides is 1. The second-order valence-electron chi connectivity index (χ2n) is 6.15. The standard InChI is InChI=1S/C20H19N5O/c1-24-14-21-13-16(24)10-11-18(26)23-20-19(15-7-3-2-4-8-15)22-17-9-5-6-12-25(17)20/h2-9,12-14H,10-11H2,1H3,(H,23,26). The van der Waals surface area contributed by atoms with Crippen molar-refractivity contribution in [2.45, 2.75) is 12.8 Å². The number of pyridine rings is 1. The highest BCUT2D eigenvalue weighted by Gasteiger charge is 2.16. The van der Waals surface area contributed by atoms with E-state index in [0.717, 1.165) is 22.6 Å². The van der Waals surface area contributed by atoms with Gasteiger partial charge in [0.25, 0.3) is 0 Å². The largest absolute Gasteiger partial charge is 0.338 e. The Labute approximate surface area is 151 Å². The number of anilines is 1. The fourth-order valence-electron chi connectivity index (χ4n) is 2.97. The van der Waals surface area contributed by atoms with Crippen LogP contribution in [0.4, 0.5) is 5.82 Å². The fourth-order valence-corrected chi connectivity index (χ4v) is 2.97. The lowest BCUT2D eigenvalue weighted by atomic mass is 10.1. The van der Waals surface area contributed by atoms with Crippen LogP contribution in [0.5, 0.6) is 0 Å². The number of rotatable bonds is 5. The zero-order chi connectivity index (χ0) is 17.9. The Morgan fingerprint density at radius 2 is 1.92 bits per heavy atom. The summed E-state index contributed by atoms with van der Waals surface area (Å²) in [5.41, 5.74) is 3.57. The van der Waals surface area contributed by atoms with Crippen molar-refractivity contribution in [2.24, 2.45) is 7.05 Å². The molecule has 0 fully saturated rings. The highest BCUT2D eigenvalue weighted by atomic mass is 16.1. The summed E-state index contributed by atoms with van der Waals surface area (Å²) in [5, 5.41) is 3.05. The predicted molar refractivity (Wildman–Crippen MR) is 101 cm³/mol. The van der Waals surface area contributed by atoms with E-state index in [1.807, 2.05) is 70.7 Å². The Hall–Kier alpha value is -3.41. The van der Waals surface area contributed by atoms with Gasteiger partial charge in [-0.15, -0.1) is 0 Å². The summed E-state index contributed by atoms with van der Waals surface area (Å²) in [6.45, 7) is 0. The Bertz CT molecular complexity index is 1050. The van der Waals surface area contributed by atoms with Crippen molar-refractivity contribution in [1.82, 2.24) is 18.9 Å². The van der Waals surface area contributed by atoms with E-state index in [0.29, 0.717) is 18.7 Å². The van der Waals surface area contributed by atoms with Crippen LogP contribution < -0.4 is 5.32 Å². The summed E-state index contributed by atoms with van der Waals surface area (Å²) in [5.74, 6) is 0.649. The van der Waals surface area contributed by atoms with Crippen LogP contribution >= 0.6 is 0 Å².